The van der Waals surface area contributed by atoms with E-state index in [1.165, 1.54) is 22.7 Å². The Hall–Kier alpha value is -1.17. The van der Waals surface area contributed by atoms with E-state index in [1.54, 1.807) is 0 Å². The van der Waals surface area contributed by atoms with Crippen molar-refractivity contribution in [2.45, 2.75) is 25.7 Å². The second-order valence-corrected chi connectivity index (χ2v) is 5.01. The second kappa shape index (κ2) is 5.54. The molecule has 0 amide bonds. The van der Waals surface area contributed by atoms with E-state index < -0.39 is 0 Å². The van der Waals surface area contributed by atoms with E-state index in [2.05, 4.69) is 12.1 Å². The molecule has 0 N–H and O–H groups in total. The molecule has 0 aromatic carbocycles. The van der Waals surface area contributed by atoms with E-state index in [9.17, 15) is 4.79 Å². The SMILES string of the molecule is N#CCCc1sc(=O)sc1CCC#N. The zero-order valence-electron chi connectivity index (χ0n) is 7.45. The molecule has 1 rings (SSSR count). The molecule has 0 fully saturated rings. The summed E-state index contributed by atoms with van der Waals surface area (Å²) in [5.74, 6) is 0. The van der Waals surface area contributed by atoms with Gasteiger partial charge in [0.25, 0.3) is 4.06 Å². The lowest BCUT2D eigenvalue weighted by atomic mass is 10.2. The molecule has 14 heavy (non-hydrogen) atoms. The Morgan fingerprint density at radius 2 is 1.43 bits per heavy atom. The van der Waals surface area contributed by atoms with E-state index in [0.717, 1.165) is 9.75 Å². The summed E-state index contributed by atoms with van der Waals surface area (Å²) in [6.07, 6.45) is 2.15. The van der Waals surface area contributed by atoms with Crippen molar-refractivity contribution in [3.05, 3.63) is 18.6 Å². The molecule has 0 bridgehead atoms. The molecule has 0 aliphatic rings. The number of aryl methyl sites for hydroxylation is 2. The summed E-state index contributed by atoms with van der Waals surface area (Å²) in [7, 11) is 0. The van der Waals surface area contributed by atoms with Crippen molar-refractivity contribution >= 4 is 22.7 Å². The Balaban J connectivity index is 2.76. The molecule has 0 radical (unpaired) electrons. The molecule has 1 aromatic heterocycles. The normalized spacial score (nSPS) is 9.29. The van der Waals surface area contributed by atoms with Gasteiger partial charge in [-0.1, -0.05) is 22.7 Å². The standard InChI is InChI=1S/C9H8N2OS2/c10-5-1-3-7-8(4-2-6-11)14-9(12)13-7/h1-4H2. The zero-order chi connectivity index (χ0) is 10.4. The molecule has 0 aliphatic carbocycles. The van der Waals surface area contributed by atoms with Crippen LogP contribution in [0.15, 0.2) is 4.79 Å². The van der Waals surface area contributed by atoms with Crippen molar-refractivity contribution in [1.29, 1.82) is 10.5 Å². The van der Waals surface area contributed by atoms with Gasteiger partial charge in [-0.25, -0.2) is 0 Å². The fourth-order valence-corrected chi connectivity index (χ4v) is 3.32. The van der Waals surface area contributed by atoms with E-state index in [1.807, 2.05) is 0 Å². The Kier molecular flexibility index (Phi) is 4.31. The maximum Gasteiger partial charge on any atom is 0.287 e. The molecule has 5 heteroatoms. The summed E-state index contributed by atoms with van der Waals surface area (Å²) < 4.78 is 0.0610. The van der Waals surface area contributed by atoms with Crippen LogP contribution < -0.4 is 4.06 Å². The maximum atomic E-state index is 11.1. The third kappa shape index (κ3) is 2.95. The first-order chi connectivity index (χ1) is 6.77. The summed E-state index contributed by atoms with van der Waals surface area (Å²) >= 11 is 2.41. The molecule has 0 spiro atoms. The van der Waals surface area contributed by atoms with Crippen LogP contribution >= 0.6 is 22.7 Å². The van der Waals surface area contributed by atoms with Gasteiger partial charge in [-0.05, 0) is 12.8 Å². The molecule has 0 atom stereocenters. The Bertz CT molecular complexity index is 394. The van der Waals surface area contributed by atoms with E-state index in [-0.39, 0.29) is 4.06 Å². The van der Waals surface area contributed by atoms with E-state index in [4.69, 9.17) is 10.5 Å². The largest absolute Gasteiger partial charge is 0.287 e. The van der Waals surface area contributed by atoms with Gasteiger partial charge in [0.15, 0.2) is 0 Å². The molecule has 0 saturated carbocycles. The lowest BCUT2D eigenvalue weighted by molar-refractivity contribution is 0.975. The monoisotopic (exact) mass is 224 g/mol. The lowest BCUT2D eigenvalue weighted by Gasteiger charge is -1.95. The molecular weight excluding hydrogens is 216 g/mol. The molecule has 0 saturated heterocycles. The highest BCUT2D eigenvalue weighted by atomic mass is 32.2. The van der Waals surface area contributed by atoms with Gasteiger partial charge in [-0.15, -0.1) is 0 Å². The molecule has 0 unspecified atom stereocenters. The van der Waals surface area contributed by atoms with Gasteiger partial charge in [0, 0.05) is 22.6 Å². The topological polar surface area (TPSA) is 64.7 Å². The molecule has 3 nitrogen and oxygen atoms in total. The third-order valence-corrected chi connectivity index (χ3v) is 4.01. The van der Waals surface area contributed by atoms with Crippen molar-refractivity contribution in [3.8, 4) is 12.1 Å². The molecule has 0 aliphatic heterocycles. The average molecular weight is 224 g/mol. The highest BCUT2D eigenvalue weighted by Crippen LogP contribution is 2.20. The Morgan fingerprint density at radius 1 is 1.00 bits per heavy atom. The van der Waals surface area contributed by atoms with Crippen molar-refractivity contribution in [2.24, 2.45) is 0 Å². The molecule has 1 aromatic rings. The first-order valence-electron chi connectivity index (χ1n) is 4.13. The predicted molar refractivity (Wildman–Crippen MR) is 56.3 cm³/mol. The predicted octanol–water partition coefficient (Wildman–Crippen LogP) is 2.08. The summed E-state index contributed by atoms with van der Waals surface area (Å²) in [5, 5.41) is 16.9. The van der Waals surface area contributed by atoms with Gasteiger partial charge in [-0.3, -0.25) is 4.79 Å². The minimum atomic E-state index is 0.0610. The van der Waals surface area contributed by atoms with Crippen LogP contribution in [0.25, 0.3) is 0 Å². The van der Waals surface area contributed by atoms with Crippen LogP contribution in [0.3, 0.4) is 0 Å². The van der Waals surface area contributed by atoms with Crippen LogP contribution in [0.5, 0.6) is 0 Å². The van der Waals surface area contributed by atoms with Gasteiger partial charge in [0.2, 0.25) is 0 Å². The maximum absolute atomic E-state index is 11.1. The number of nitrogens with zero attached hydrogens (tertiary/aromatic N) is 2. The van der Waals surface area contributed by atoms with Gasteiger partial charge in [0.1, 0.15) is 0 Å². The highest BCUT2D eigenvalue weighted by Gasteiger charge is 2.07. The fraction of sp³-hybridized carbons (Fsp3) is 0.444. The summed E-state index contributed by atoms with van der Waals surface area (Å²) in [4.78, 5) is 13.1. The van der Waals surface area contributed by atoms with Gasteiger partial charge in [0.05, 0.1) is 12.1 Å². The number of hydrogen-bond acceptors (Lipinski definition) is 5. The van der Waals surface area contributed by atoms with Crippen LogP contribution in [-0.4, -0.2) is 0 Å². The molecule has 72 valence electrons. The lowest BCUT2D eigenvalue weighted by Crippen LogP contribution is -1.86. The van der Waals surface area contributed by atoms with Crippen molar-refractivity contribution < 1.29 is 0 Å². The summed E-state index contributed by atoms with van der Waals surface area (Å²) in [6.45, 7) is 0. The van der Waals surface area contributed by atoms with Crippen molar-refractivity contribution in [2.75, 3.05) is 0 Å². The molecular formula is C9H8N2OS2. The third-order valence-electron chi connectivity index (χ3n) is 1.65. The number of hydrogen-bond donors (Lipinski definition) is 0. The first-order valence-corrected chi connectivity index (χ1v) is 5.77. The van der Waals surface area contributed by atoms with E-state index >= 15 is 0 Å². The Morgan fingerprint density at radius 3 is 1.79 bits per heavy atom. The summed E-state index contributed by atoms with van der Waals surface area (Å²) in [5.41, 5.74) is 0. The van der Waals surface area contributed by atoms with Gasteiger partial charge in [-0.2, -0.15) is 10.5 Å². The van der Waals surface area contributed by atoms with Crippen LogP contribution in [-0.2, 0) is 12.8 Å². The zero-order valence-corrected chi connectivity index (χ0v) is 9.08. The first kappa shape index (κ1) is 10.9. The summed E-state index contributed by atoms with van der Waals surface area (Å²) in [6, 6.07) is 4.11. The minimum Gasteiger partial charge on any atom is -0.265 e. The second-order valence-electron chi connectivity index (χ2n) is 2.62. The Labute approximate surface area is 89.9 Å². The minimum absolute atomic E-state index is 0.0610. The molecule has 1 heterocycles. The van der Waals surface area contributed by atoms with Crippen LogP contribution in [0.4, 0.5) is 0 Å². The fourth-order valence-electron chi connectivity index (χ4n) is 1.06. The van der Waals surface area contributed by atoms with Gasteiger partial charge < -0.3 is 0 Å². The van der Waals surface area contributed by atoms with Crippen LogP contribution in [0.1, 0.15) is 22.6 Å². The van der Waals surface area contributed by atoms with Crippen LogP contribution in [0.2, 0.25) is 0 Å². The average Bonchev–Trinajstić information content (AvgIpc) is 2.52. The quantitative estimate of drug-likeness (QED) is 0.786. The van der Waals surface area contributed by atoms with Crippen molar-refractivity contribution in [3.63, 3.8) is 0 Å². The highest BCUT2D eigenvalue weighted by molar-refractivity contribution is 7.27. The number of rotatable bonds is 4. The smallest absolute Gasteiger partial charge is 0.265 e. The van der Waals surface area contributed by atoms with E-state index in [0.29, 0.717) is 25.7 Å². The number of nitriles is 2. The van der Waals surface area contributed by atoms with Crippen LogP contribution in [0, 0.1) is 22.7 Å². The van der Waals surface area contributed by atoms with Crippen molar-refractivity contribution in [1.82, 2.24) is 0 Å². The van der Waals surface area contributed by atoms with Gasteiger partial charge >= 0.3 is 0 Å².